The summed E-state index contributed by atoms with van der Waals surface area (Å²) in [6, 6.07) is 10.5. The number of nitrogens with one attached hydrogen (secondary N) is 1. The molecule has 0 unspecified atom stereocenters. The summed E-state index contributed by atoms with van der Waals surface area (Å²) in [5, 5.41) is 3.67. The van der Waals surface area contributed by atoms with Gasteiger partial charge in [0.1, 0.15) is 0 Å². The third-order valence-electron chi connectivity index (χ3n) is 3.73. The van der Waals surface area contributed by atoms with Crippen molar-refractivity contribution in [3.63, 3.8) is 0 Å². The molecule has 8 heteroatoms. The minimum Gasteiger partial charge on any atom is -0.468 e. The zero-order valence-corrected chi connectivity index (χ0v) is 13.9. The molecule has 1 N–H and O–H groups in total. The van der Waals surface area contributed by atoms with Crippen LogP contribution in [0.3, 0.4) is 0 Å². The number of para-hydroxylation sites is 1. The number of ether oxygens (including phenoxy) is 1. The van der Waals surface area contributed by atoms with Gasteiger partial charge in [0, 0.05) is 30.2 Å². The van der Waals surface area contributed by atoms with Crippen molar-refractivity contribution in [2.45, 2.75) is 12.6 Å². The topological polar surface area (TPSA) is 56.2 Å². The number of pyridine rings is 1. The van der Waals surface area contributed by atoms with E-state index < -0.39 is 12.8 Å². The highest BCUT2D eigenvalue weighted by Crippen LogP contribution is 2.21. The van der Waals surface area contributed by atoms with E-state index in [1.165, 1.54) is 18.3 Å². The Balaban J connectivity index is 1.63. The van der Waals surface area contributed by atoms with E-state index in [2.05, 4.69) is 15.0 Å². The molecule has 2 aromatic heterocycles. The third-order valence-corrected chi connectivity index (χ3v) is 3.73. The number of carbonyl (C=O) groups is 1. The summed E-state index contributed by atoms with van der Waals surface area (Å²) < 4.78 is 42.8. The van der Waals surface area contributed by atoms with Crippen LogP contribution < -0.4 is 10.1 Å². The van der Waals surface area contributed by atoms with Crippen molar-refractivity contribution in [1.82, 2.24) is 9.55 Å². The van der Waals surface area contributed by atoms with Gasteiger partial charge in [-0.2, -0.15) is 13.2 Å². The molecule has 2 heterocycles. The summed E-state index contributed by atoms with van der Waals surface area (Å²) in [6.07, 6.45) is -1.09. The molecular weight excluding hydrogens is 347 g/mol. The highest BCUT2D eigenvalue weighted by Gasteiger charge is 2.28. The lowest BCUT2D eigenvalue weighted by molar-refractivity contribution is -0.154. The average Bonchev–Trinajstić information content (AvgIpc) is 2.90. The maximum atomic E-state index is 12.2. The van der Waals surface area contributed by atoms with Crippen LogP contribution in [0.2, 0.25) is 0 Å². The molecule has 1 amide bonds. The minimum absolute atomic E-state index is 0.158. The molecule has 0 aliphatic carbocycles. The van der Waals surface area contributed by atoms with Crippen molar-refractivity contribution in [1.29, 1.82) is 0 Å². The fraction of sp³-hybridized carbons (Fsp3) is 0.222. The van der Waals surface area contributed by atoms with E-state index in [-0.39, 0.29) is 18.2 Å². The van der Waals surface area contributed by atoms with Crippen LogP contribution >= 0.6 is 0 Å². The van der Waals surface area contributed by atoms with Crippen LogP contribution in [0.4, 0.5) is 18.9 Å². The Bertz CT molecular complexity index is 918. The molecule has 136 valence electrons. The van der Waals surface area contributed by atoms with Crippen LogP contribution in [0.25, 0.3) is 10.9 Å². The van der Waals surface area contributed by atoms with E-state index in [9.17, 15) is 18.0 Å². The Hall–Kier alpha value is -3.03. The molecule has 3 rings (SSSR count). The number of aryl methyl sites for hydroxylation is 1. The zero-order chi connectivity index (χ0) is 18.7. The molecule has 0 radical (unpaired) electrons. The second-order valence-corrected chi connectivity index (χ2v) is 5.80. The first-order valence-corrected chi connectivity index (χ1v) is 7.80. The molecule has 0 aliphatic rings. The van der Waals surface area contributed by atoms with Crippen molar-refractivity contribution in [2.75, 3.05) is 11.9 Å². The van der Waals surface area contributed by atoms with Gasteiger partial charge in [0.05, 0.1) is 18.3 Å². The number of fused-ring (bicyclic) bond motifs is 1. The van der Waals surface area contributed by atoms with Crippen LogP contribution in [0.1, 0.15) is 5.56 Å². The lowest BCUT2D eigenvalue weighted by Gasteiger charge is -2.09. The predicted molar refractivity (Wildman–Crippen MR) is 91.0 cm³/mol. The number of alkyl halides is 3. The maximum absolute atomic E-state index is 12.2. The number of anilines is 1. The van der Waals surface area contributed by atoms with Crippen molar-refractivity contribution in [3.05, 3.63) is 54.4 Å². The molecule has 0 saturated heterocycles. The first-order chi connectivity index (χ1) is 12.3. The minimum atomic E-state index is -4.42. The summed E-state index contributed by atoms with van der Waals surface area (Å²) in [6.45, 7) is -1.41. The van der Waals surface area contributed by atoms with E-state index in [0.29, 0.717) is 5.69 Å². The number of carbonyl (C=O) groups excluding carboxylic acids is 1. The Morgan fingerprint density at radius 2 is 2.00 bits per heavy atom. The fourth-order valence-corrected chi connectivity index (χ4v) is 2.64. The fourth-order valence-electron chi connectivity index (χ4n) is 2.64. The molecule has 0 fully saturated rings. The molecule has 1 aromatic carbocycles. The summed E-state index contributed by atoms with van der Waals surface area (Å²) >= 11 is 0. The number of hydrogen-bond acceptors (Lipinski definition) is 3. The monoisotopic (exact) mass is 363 g/mol. The quantitative estimate of drug-likeness (QED) is 0.752. The Labute approximate surface area is 147 Å². The normalized spacial score (nSPS) is 11.5. The number of benzene rings is 1. The number of rotatable bonds is 5. The Morgan fingerprint density at radius 3 is 2.69 bits per heavy atom. The second-order valence-electron chi connectivity index (χ2n) is 5.80. The van der Waals surface area contributed by atoms with Crippen molar-refractivity contribution in [3.8, 4) is 5.88 Å². The number of amides is 1. The van der Waals surface area contributed by atoms with Gasteiger partial charge in [-0.05, 0) is 17.7 Å². The number of halogens is 3. The van der Waals surface area contributed by atoms with Gasteiger partial charge >= 0.3 is 6.18 Å². The first-order valence-electron chi connectivity index (χ1n) is 7.80. The van der Waals surface area contributed by atoms with Gasteiger partial charge in [0.15, 0.2) is 6.61 Å². The summed E-state index contributed by atoms with van der Waals surface area (Å²) in [5.74, 6) is -0.401. The van der Waals surface area contributed by atoms with Gasteiger partial charge in [-0.15, -0.1) is 0 Å². The third kappa shape index (κ3) is 4.33. The van der Waals surface area contributed by atoms with E-state index in [1.54, 1.807) is 0 Å². The predicted octanol–water partition coefficient (Wildman–Crippen LogP) is 3.70. The van der Waals surface area contributed by atoms with E-state index in [4.69, 9.17) is 0 Å². The number of aromatic nitrogens is 2. The van der Waals surface area contributed by atoms with Crippen LogP contribution in [-0.2, 0) is 18.3 Å². The SMILES string of the molecule is Cn1cc(CC(=O)Nc2ccc(OCC(F)(F)F)nc2)c2ccccc21. The van der Waals surface area contributed by atoms with Crippen LogP contribution in [-0.4, -0.2) is 28.2 Å². The summed E-state index contributed by atoms with van der Waals surface area (Å²) in [4.78, 5) is 16.0. The summed E-state index contributed by atoms with van der Waals surface area (Å²) in [7, 11) is 1.91. The highest BCUT2D eigenvalue weighted by atomic mass is 19.4. The Kier molecular flexibility index (Phi) is 4.83. The molecular formula is C18H16F3N3O2. The van der Waals surface area contributed by atoms with Crippen molar-refractivity contribution in [2.24, 2.45) is 7.05 Å². The lowest BCUT2D eigenvalue weighted by atomic mass is 10.1. The van der Waals surface area contributed by atoms with Gasteiger partial charge in [0.25, 0.3) is 0 Å². The van der Waals surface area contributed by atoms with Gasteiger partial charge < -0.3 is 14.6 Å². The highest BCUT2D eigenvalue weighted by molar-refractivity contribution is 5.95. The second kappa shape index (κ2) is 7.07. The van der Waals surface area contributed by atoms with Crippen LogP contribution in [0.15, 0.2) is 48.8 Å². The van der Waals surface area contributed by atoms with Gasteiger partial charge in [-0.25, -0.2) is 4.98 Å². The van der Waals surface area contributed by atoms with Gasteiger partial charge in [-0.3, -0.25) is 4.79 Å². The lowest BCUT2D eigenvalue weighted by Crippen LogP contribution is -2.19. The van der Waals surface area contributed by atoms with Crippen molar-refractivity contribution >= 4 is 22.5 Å². The average molecular weight is 363 g/mol. The smallest absolute Gasteiger partial charge is 0.422 e. The molecule has 0 atom stereocenters. The summed E-state index contributed by atoms with van der Waals surface area (Å²) in [5.41, 5.74) is 2.30. The number of hydrogen-bond donors (Lipinski definition) is 1. The van der Waals surface area contributed by atoms with Crippen LogP contribution in [0.5, 0.6) is 5.88 Å². The van der Waals surface area contributed by atoms with E-state index >= 15 is 0 Å². The van der Waals surface area contributed by atoms with Crippen molar-refractivity contribution < 1.29 is 22.7 Å². The number of nitrogens with zero attached hydrogens (tertiary/aromatic N) is 2. The van der Waals surface area contributed by atoms with Gasteiger partial charge in [0.2, 0.25) is 11.8 Å². The molecule has 3 aromatic rings. The molecule has 5 nitrogen and oxygen atoms in total. The molecule has 0 aliphatic heterocycles. The zero-order valence-electron chi connectivity index (χ0n) is 13.9. The first kappa shape index (κ1) is 17.8. The standard InChI is InChI=1S/C18H16F3N3O2/c1-24-10-12(14-4-2-3-5-15(14)24)8-16(25)23-13-6-7-17(22-9-13)26-11-18(19,20)21/h2-7,9-10H,8,11H2,1H3,(H,23,25). The largest absolute Gasteiger partial charge is 0.468 e. The van der Waals surface area contributed by atoms with Crippen LogP contribution in [0, 0.1) is 0 Å². The molecule has 26 heavy (non-hydrogen) atoms. The maximum Gasteiger partial charge on any atom is 0.422 e. The Morgan fingerprint density at radius 1 is 1.23 bits per heavy atom. The van der Waals surface area contributed by atoms with Gasteiger partial charge in [-0.1, -0.05) is 18.2 Å². The molecule has 0 saturated carbocycles. The molecule has 0 bridgehead atoms. The van der Waals surface area contributed by atoms with E-state index in [0.717, 1.165) is 16.5 Å². The van der Waals surface area contributed by atoms with E-state index in [1.807, 2.05) is 42.1 Å². The molecule has 0 spiro atoms.